The SMILES string of the molecule is CCOc1ccc(CCNC(=S)N(Cc2c(F)cccc2Cl)C[C@@H]2CCCO2)cc1OCC. The van der Waals surface area contributed by atoms with Crippen LogP contribution in [0.3, 0.4) is 0 Å². The summed E-state index contributed by atoms with van der Waals surface area (Å²) in [7, 11) is 0. The molecular formula is C25H32ClFN2O3S. The van der Waals surface area contributed by atoms with Crippen molar-refractivity contribution in [1.82, 2.24) is 10.2 Å². The molecule has 1 heterocycles. The first-order chi connectivity index (χ1) is 16.0. The molecule has 0 unspecified atom stereocenters. The van der Waals surface area contributed by atoms with Crippen molar-refractivity contribution in [2.75, 3.05) is 32.9 Å². The van der Waals surface area contributed by atoms with E-state index in [0.717, 1.165) is 42.9 Å². The molecule has 0 spiro atoms. The monoisotopic (exact) mass is 494 g/mol. The molecule has 2 aromatic carbocycles. The molecule has 1 aliphatic heterocycles. The van der Waals surface area contributed by atoms with Gasteiger partial charge in [0, 0.05) is 36.8 Å². The zero-order chi connectivity index (χ0) is 23.6. The predicted molar refractivity (Wildman–Crippen MR) is 134 cm³/mol. The van der Waals surface area contributed by atoms with Crippen molar-refractivity contribution in [3.8, 4) is 11.5 Å². The molecule has 1 N–H and O–H groups in total. The number of nitrogens with one attached hydrogen (secondary N) is 1. The second-order valence-electron chi connectivity index (χ2n) is 7.84. The van der Waals surface area contributed by atoms with Gasteiger partial charge in [0.2, 0.25) is 0 Å². The molecule has 0 aromatic heterocycles. The third-order valence-corrected chi connectivity index (χ3v) is 6.20. The molecule has 1 aliphatic rings. The minimum Gasteiger partial charge on any atom is -0.490 e. The summed E-state index contributed by atoms with van der Waals surface area (Å²) in [6.07, 6.45) is 2.83. The van der Waals surface area contributed by atoms with Crippen LogP contribution in [0, 0.1) is 5.82 Å². The molecule has 3 rings (SSSR count). The van der Waals surface area contributed by atoms with Crippen LogP contribution in [0.5, 0.6) is 11.5 Å². The number of nitrogens with zero attached hydrogens (tertiary/aromatic N) is 1. The number of halogens is 2. The first-order valence-corrected chi connectivity index (χ1v) is 12.3. The number of hydrogen-bond acceptors (Lipinski definition) is 4. The van der Waals surface area contributed by atoms with Crippen LogP contribution < -0.4 is 14.8 Å². The molecule has 0 aliphatic carbocycles. The van der Waals surface area contributed by atoms with Crippen molar-refractivity contribution in [3.63, 3.8) is 0 Å². The molecular weight excluding hydrogens is 463 g/mol. The van der Waals surface area contributed by atoms with Crippen LogP contribution in [0.15, 0.2) is 36.4 Å². The van der Waals surface area contributed by atoms with Gasteiger partial charge in [-0.25, -0.2) is 4.39 Å². The fourth-order valence-corrected chi connectivity index (χ4v) is 4.27. The Labute approximate surface area is 206 Å². The van der Waals surface area contributed by atoms with E-state index < -0.39 is 0 Å². The summed E-state index contributed by atoms with van der Waals surface area (Å²) in [5, 5.41) is 4.27. The lowest BCUT2D eigenvalue weighted by Gasteiger charge is -2.29. The summed E-state index contributed by atoms with van der Waals surface area (Å²) in [5.41, 5.74) is 1.55. The summed E-state index contributed by atoms with van der Waals surface area (Å²) in [6, 6.07) is 10.7. The topological polar surface area (TPSA) is 43.0 Å². The van der Waals surface area contributed by atoms with Gasteiger partial charge in [-0.05, 0) is 75.2 Å². The van der Waals surface area contributed by atoms with Gasteiger partial charge in [0.25, 0.3) is 0 Å². The number of ether oxygens (including phenoxy) is 3. The van der Waals surface area contributed by atoms with Crippen LogP contribution in [-0.2, 0) is 17.7 Å². The summed E-state index contributed by atoms with van der Waals surface area (Å²) in [4.78, 5) is 1.94. The van der Waals surface area contributed by atoms with Crippen molar-refractivity contribution in [1.29, 1.82) is 0 Å². The first kappa shape index (κ1) is 25.5. The molecule has 5 nitrogen and oxygen atoms in total. The van der Waals surface area contributed by atoms with E-state index in [0.29, 0.717) is 42.0 Å². The average molecular weight is 495 g/mol. The zero-order valence-corrected chi connectivity index (χ0v) is 20.8. The fraction of sp³-hybridized carbons (Fsp3) is 0.480. The second kappa shape index (κ2) is 13.0. The van der Waals surface area contributed by atoms with Gasteiger partial charge in [-0.3, -0.25) is 0 Å². The van der Waals surface area contributed by atoms with Crippen molar-refractivity contribution < 1.29 is 18.6 Å². The highest BCUT2D eigenvalue weighted by atomic mass is 35.5. The van der Waals surface area contributed by atoms with Crippen molar-refractivity contribution in [2.24, 2.45) is 0 Å². The Morgan fingerprint density at radius 1 is 1.21 bits per heavy atom. The van der Waals surface area contributed by atoms with E-state index in [9.17, 15) is 4.39 Å². The van der Waals surface area contributed by atoms with E-state index >= 15 is 0 Å². The van der Waals surface area contributed by atoms with Gasteiger partial charge in [-0.2, -0.15) is 0 Å². The summed E-state index contributed by atoms with van der Waals surface area (Å²) < 4.78 is 31.6. The smallest absolute Gasteiger partial charge is 0.169 e. The van der Waals surface area contributed by atoms with Crippen molar-refractivity contribution in [3.05, 3.63) is 58.4 Å². The minimum atomic E-state index is -0.333. The Morgan fingerprint density at radius 3 is 2.70 bits per heavy atom. The summed E-state index contributed by atoms with van der Waals surface area (Å²) in [5.74, 6) is 1.16. The van der Waals surface area contributed by atoms with Crippen molar-refractivity contribution >= 4 is 28.9 Å². The Balaban J connectivity index is 1.63. The predicted octanol–water partition coefficient (Wildman–Crippen LogP) is 5.37. The Morgan fingerprint density at radius 2 is 2.00 bits per heavy atom. The molecule has 0 amide bonds. The standard InChI is InChI=1S/C25H32ClFN2O3S/c1-3-30-23-11-10-18(15-24(23)31-4-2)12-13-28-25(33)29(16-19-7-6-14-32-19)17-20-21(26)8-5-9-22(20)27/h5,8-11,15,19H,3-4,6-7,12-14,16-17H2,1-2H3,(H,28,33)/t19-/m0/s1. The van der Waals surface area contributed by atoms with E-state index in [2.05, 4.69) is 5.32 Å². The van der Waals surface area contributed by atoms with Crippen molar-refractivity contribution in [2.45, 2.75) is 45.8 Å². The number of hydrogen-bond donors (Lipinski definition) is 1. The van der Waals surface area contributed by atoms with Crippen LogP contribution in [0.1, 0.15) is 37.8 Å². The van der Waals surface area contributed by atoms with Gasteiger partial charge in [0.05, 0.1) is 19.3 Å². The highest BCUT2D eigenvalue weighted by Crippen LogP contribution is 2.28. The lowest BCUT2D eigenvalue weighted by atomic mass is 10.1. The molecule has 0 radical (unpaired) electrons. The molecule has 1 atom stereocenters. The maximum Gasteiger partial charge on any atom is 0.169 e. The zero-order valence-electron chi connectivity index (χ0n) is 19.2. The van der Waals surface area contributed by atoms with E-state index in [1.54, 1.807) is 12.1 Å². The van der Waals surface area contributed by atoms with E-state index in [1.807, 2.05) is 36.9 Å². The molecule has 0 saturated carbocycles. The van der Waals surface area contributed by atoms with Gasteiger partial charge in [-0.1, -0.05) is 23.7 Å². The Hall–Kier alpha value is -2.09. The Kier molecular flexibility index (Phi) is 10.0. The molecule has 1 saturated heterocycles. The lowest BCUT2D eigenvalue weighted by molar-refractivity contribution is 0.0895. The fourth-order valence-electron chi connectivity index (χ4n) is 3.80. The number of benzene rings is 2. The third-order valence-electron chi connectivity index (χ3n) is 5.44. The molecule has 2 aromatic rings. The van der Waals surface area contributed by atoms with Gasteiger partial charge in [0.1, 0.15) is 5.82 Å². The maximum atomic E-state index is 14.4. The largest absolute Gasteiger partial charge is 0.490 e. The van der Waals surface area contributed by atoms with Gasteiger partial charge in [-0.15, -0.1) is 0 Å². The summed E-state index contributed by atoms with van der Waals surface area (Å²) >= 11 is 12.0. The first-order valence-electron chi connectivity index (χ1n) is 11.5. The molecule has 0 bridgehead atoms. The number of rotatable bonds is 11. The third kappa shape index (κ3) is 7.45. The molecule has 1 fully saturated rings. The Bertz CT molecular complexity index is 904. The van der Waals surface area contributed by atoms with Crippen LogP contribution in [0.2, 0.25) is 5.02 Å². The quantitative estimate of drug-likeness (QED) is 0.423. The molecule has 8 heteroatoms. The van der Waals surface area contributed by atoms with Crippen LogP contribution >= 0.6 is 23.8 Å². The van der Waals surface area contributed by atoms with Gasteiger partial charge < -0.3 is 24.4 Å². The highest BCUT2D eigenvalue weighted by molar-refractivity contribution is 7.80. The lowest BCUT2D eigenvalue weighted by Crippen LogP contribution is -2.43. The van der Waals surface area contributed by atoms with Gasteiger partial charge in [0.15, 0.2) is 16.6 Å². The van der Waals surface area contributed by atoms with Crippen LogP contribution in [0.4, 0.5) is 4.39 Å². The summed E-state index contributed by atoms with van der Waals surface area (Å²) in [6.45, 7) is 7.32. The molecule has 33 heavy (non-hydrogen) atoms. The highest BCUT2D eigenvalue weighted by Gasteiger charge is 2.22. The second-order valence-corrected chi connectivity index (χ2v) is 8.64. The maximum absolute atomic E-state index is 14.4. The normalized spacial score (nSPS) is 15.3. The van der Waals surface area contributed by atoms with Crippen LogP contribution in [0.25, 0.3) is 0 Å². The van der Waals surface area contributed by atoms with Crippen LogP contribution in [-0.4, -0.2) is 49.0 Å². The van der Waals surface area contributed by atoms with E-state index in [-0.39, 0.29) is 18.5 Å². The average Bonchev–Trinajstić information content (AvgIpc) is 3.31. The molecule has 180 valence electrons. The van der Waals surface area contributed by atoms with E-state index in [1.165, 1.54) is 6.07 Å². The minimum absolute atomic E-state index is 0.0789. The van der Waals surface area contributed by atoms with E-state index in [4.69, 9.17) is 38.0 Å². The number of thiocarbonyl (C=S) groups is 1. The van der Waals surface area contributed by atoms with Gasteiger partial charge >= 0.3 is 0 Å².